The standard InChI is InChI=1S/C24H30N2O4/c1-18(2)11-16-30-21-10-9-20(17-22(21)29-3)24(28)26-14-12-25(13-15-26)23(27)19-7-5-4-6-8-19/h4-10,17-18H,11-16H2,1-3H3. The fourth-order valence-corrected chi connectivity index (χ4v) is 3.38. The summed E-state index contributed by atoms with van der Waals surface area (Å²) >= 11 is 0. The van der Waals surface area contributed by atoms with Gasteiger partial charge in [-0.2, -0.15) is 0 Å². The van der Waals surface area contributed by atoms with Crippen molar-refractivity contribution < 1.29 is 19.1 Å². The highest BCUT2D eigenvalue weighted by molar-refractivity contribution is 5.96. The molecule has 2 amide bonds. The Morgan fingerprint density at radius 3 is 2.03 bits per heavy atom. The molecule has 2 aromatic carbocycles. The molecular weight excluding hydrogens is 380 g/mol. The van der Waals surface area contributed by atoms with Crippen LogP contribution < -0.4 is 9.47 Å². The van der Waals surface area contributed by atoms with Gasteiger partial charge in [0, 0.05) is 37.3 Å². The van der Waals surface area contributed by atoms with E-state index in [0.717, 1.165) is 6.42 Å². The van der Waals surface area contributed by atoms with Gasteiger partial charge in [0.25, 0.3) is 11.8 Å². The van der Waals surface area contributed by atoms with Crippen LogP contribution in [-0.4, -0.2) is 61.5 Å². The smallest absolute Gasteiger partial charge is 0.254 e. The summed E-state index contributed by atoms with van der Waals surface area (Å²) in [7, 11) is 1.58. The number of nitrogens with zero attached hydrogens (tertiary/aromatic N) is 2. The van der Waals surface area contributed by atoms with Crippen LogP contribution in [0.3, 0.4) is 0 Å². The van der Waals surface area contributed by atoms with Crippen molar-refractivity contribution in [2.75, 3.05) is 39.9 Å². The van der Waals surface area contributed by atoms with Gasteiger partial charge in [-0.05, 0) is 42.7 Å². The van der Waals surface area contributed by atoms with Gasteiger partial charge in [0.05, 0.1) is 13.7 Å². The predicted molar refractivity (Wildman–Crippen MR) is 116 cm³/mol. The molecule has 0 saturated carbocycles. The van der Waals surface area contributed by atoms with Crippen LogP contribution in [0.25, 0.3) is 0 Å². The van der Waals surface area contributed by atoms with Crippen molar-refractivity contribution in [1.29, 1.82) is 0 Å². The van der Waals surface area contributed by atoms with Gasteiger partial charge in [-0.25, -0.2) is 0 Å². The van der Waals surface area contributed by atoms with Crippen LogP contribution in [0.1, 0.15) is 41.0 Å². The first kappa shape index (κ1) is 21.7. The number of carbonyl (C=O) groups is 2. The van der Waals surface area contributed by atoms with E-state index in [9.17, 15) is 9.59 Å². The van der Waals surface area contributed by atoms with Gasteiger partial charge < -0.3 is 19.3 Å². The lowest BCUT2D eigenvalue weighted by molar-refractivity contribution is 0.0535. The van der Waals surface area contributed by atoms with E-state index in [-0.39, 0.29) is 11.8 Å². The summed E-state index contributed by atoms with van der Waals surface area (Å²) in [6, 6.07) is 14.5. The molecule has 0 aromatic heterocycles. The molecule has 160 valence electrons. The summed E-state index contributed by atoms with van der Waals surface area (Å²) in [5.41, 5.74) is 1.24. The number of hydrogen-bond donors (Lipinski definition) is 0. The molecule has 0 unspecified atom stereocenters. The summed E-state index contributed by atoms with van der Waals surface area (Å²) in [4.78, 5) is 29.1. The third kappa shape index (κ3) is 5.32. The van der Waals surface area contributed by atoms with E-state index in [2.05, 4.69) is 13.8 Å². The maximum atomic E-state index is 13.0. The van der Waals surface area contributed by atoms with Gasteiger partial charge >= 0.3 is 0 Å². The quantitative estimate of drug-likeness (QED) is 0.698. The zero-order valence-electron chi connectivity index (χ0n) is 18.0. The molecule has 1 aliphatic heterocycles. The molecule has 1 heterocycles. The van der Waals surface area contributed by atoms with E-state index in [1.165, 1.54) is 0 Å². The van der Waals surface area contributed by atoms with Gasteiger partial charge in [-0.15, -0.1) is 0 Å². The summed E-state index contributed by atoms with van der Waals surface area (Å²) in [6.07, 6.45) is 0.954. The van der Waals surface area contributed by atoms with E-state index in [0.29, 0.717) is 61.3 Å². The molecular formula is C24H30N2O4. The van der Waals surface area contributed by atoms with Gasteiger partial charge in [-0.1, -0.05) is 32.0 Å². The lowest BCUT2D eigenvalue weighted by Crippen LogP contribution is -2.50. The van der Waals surface area contributed by atoms with Crippen LogP contribution in [0, 0.1) is 5.92 Å². The normalized spacial score (nSPS) is 14.0. The number of rotatable bonds is 7. The molecule has 3 rings (SSSR count). The Hall–Kier alpha value is -3.02. The Morgan fingerprint density at radius 2 is 1.47 bits per heavy atom. The average Bonchev–Trinajstić information content (AvgIpc) is 2.78. The highest BCUT2D eigenvalue weighted by Crippen LogP contribution is 2.29. The summed E-state index contributed by atoms with van der Waals surface area (Å²) in [5.74, 6) is 1.71. The topological polar surface area (TPSA) is 59.1 Å². The van der Waals surface area contributed by atoms with Crippen molar-refractivity contribution in [3.8, 4) is 11.5 Å². The number of hydrogen-bond acceptors (Lipinski definition) is 4. The Labute approximate surface area is 178 Å². The molecule has 1 saturated heterocycles. The summed E-state index contributed by atoms with van der Waals surface area (Å²) in [5, 5.41) is 0. The van der Waals surface area contributed by atoms with Crippen molar-refractivity contribution in [1.82, 2.24) is 9.80 Å². The minimum atomic E-state index is -0.0613. The molecule has 0 spiro atoms. The van der Waals surface area contributed by atoms with Crippen molar-refractivity contribution in [2.24, 2.45) is 5.92 Å². The SMILES string of the molecule is COc1cc(C(=O)N2CCN(C(=O)c3ccccc3)CC2)ccc1OCCC(C)C. The van der Waals surface area contributed by atoms with Crippen molar-refractivity contribution in [3.05, 3.63) is 59.7 Å². The molecule has 0 radical (unpaired) electrons. The fraction of sp³-hybridized carbons (Fsp3) is 0.417. The van der Waals surface area contributed by atoms with Crippen LogP contribution in [0.5, 0.6) is 11.5 Å². The summed E-state index contributed by atoms with van der Waals surface area (Å²) in [6.45, 7) is 6.96. The van der Waals surface area contributed by atoms with Gasteiger partial charge in [0.2, 0.25) is 0 Å². The number of carbonyl (C=O) groups excluding carboxylic acids is 2. The average molecular weight is 411 g/mol. The number of benzene rings is 2. The number of ether oxygens (including phenoxy) is 2. The second-order valence-electron chi connectivity index (χ2n) is 7.85. The van der Waals surface area contributed by atoms with Crippen LogP contribution in [0.4, 0.5) is 0 Å². The van der Waals surface area contributed by atoms with Crippen molar-refractivity contribution in [3.63, 3.8) is 0 Å². The third-order valence-corrected chi connectivity index (χ3v) is 5.24. The van der Waals surface area contributed by atoms with E-state index in [1.807, 2.05) is 30.3 Å². The molecule has 6 nitrogen and oxygen atoms in total. The first-order valence-electron chi connectivity index (χ1n) is 10.4. The van der Waals surface area contributed by atoms with Gasteiger partial charge in [0.1, 0.15) is 0 Å². The molecule has 0 aliphatic carbocycles. The first-order valence-corrected chi connectivity index (χ1v) is 10.4. The minimum absolute atomic E-state index is 0.00673. The van der Waals surface area contributed by atoms with Gasteiger partial charge in [-0.3, -0.25) is 9.59 Å². The minimum Gasteiger partial charge on any atom is -0.493 e. The molecule has 1 aliphatic rings. The number of methoxy groups -OCH3 is 1. The molecule has 6 heteroatoms. The van der Waals surface area contributed by atoms with Crippen molar-refractivity contribution in [2.45, 2.75) is 20.3 Å². The Kier molecular flexibility index (Phi) is 7.33. The van der Waals surface area contributed by atoms with Gasteiger partial charge in [0.15, 0.2) is 11.5 Å². The fourth-order valence-electron chi connectivity index (χ4n) is 3.38. The second kappa shape index (κ2) is 10.1. The highest BCUT2D eigenvalue weighted by atomic mass is 16.5. The molecule has 2 aromatic rings. The Balaban J connectivity index is 1.60. The number of piperazine rings is 1. The third-order valence-electron chi connectivity index (χ3n) is 5.24. The molecule has 0 N–H and O–H groups in total. The number of amides is 2. The van der Waals surface area contributed by atoms with E-state index < -0.39 is 0 Å². The highest BCUT2D eigenvalue weighted by Gasteiger charge is 2.26. The predicted octanol–water partition coefficient (Wildman–Crippen LogP) is 3.72. The lowest BCUT2D eigenvalue weighted by atomic mass is 10.1. The van der Waals surface area contributed by atoms with Crippen LogP contribution in [0.15, 0.2) is 48.5 Å². The molecule has 30 heavy (non-hydrogen) atoms. The van der Waals surface area contributed by atoms with E-state index in [1.54, 1.807) is 35.1 Å². The summed E-state index contributed by atoms with van der Waals surface area (Å²) < 4.78 is 11.2. The van der Waals surface area contributed by atoms with Crippen LogP contribution in [0.2, 0.25) is 0 Å². The van der Waals surface area contributed by atoms with Crippen LogP contribution >= 0.6 is 0 Å². The largest absolute Gasteiger partial charge is 0.493 e. The zero-order chi connectivity index (χ0) is 21.5. The molecule has 0 atom stereocenters. The Bertz CT molecular complexity index is 859. The molecule has 1 fully saturated rings. The lowest BCUT2D eigenvalue weighted by Gasteiger charge is -2.35. The zero-order valence-corrected chi connectivity index (χ0v) is 18.0. The second-order valence-corrected chi connectivity index (χ2v) is 7.85. The monoisotopic (exact) mass is 410 g/mol. The van der Waals surface area contributed by atoms with Crippen molar-refractivity contribution >= 4 is 11.8 Å². The Morgan fingerprint density at radius 1 is 0.867 bits per heavy atom. The molecule has 0 bridgehead atoms. The van der Waals surface area contributed by atoms with E-state index in [4.69, 9.17) is 9.47 Å². The van der Waals surface area contributed by atoms with Crippen LogP contribution in [-0.2, 0) is 0 Å². The maximum absolute atomic E-state index is 13.0. The first-order chi connectivity index (χ1) is 14.5. The maximum Gasteiger partial charge on any atom is 0.254 e. The van der Waals surface area contributed by atoms with E-state index >= 15 is 0 Å².